The zero-order valence-corrected chi connectivity index (χ0v) is 13.7. The van der Waals surface area contributed by atoms with Crippen LogP contribution < -0.4 is 0 Å². The first-order valence-corrected chi connectivity index (χ1v) is 8.08. The average molecular weight is 309 g/mol. The first-order chi connectivity index (χ1) is 8.56. The maximum atomic E-state index is 11.8. The number of Topliss-reactive ketones (excluding diaryl/α,β-unsaturated/α-hetero) is 2. The van der Waals surface area contributed by atoms with E-state index in [1.165, 1.54) is 0 Å². The molecule has 0 aromatic carbocycles. The van der Waals surface area contributed by atoms with Crippen molar-refractivity contribution in [2.45, 2.75) is 57.5 Å². The Morgan fingerprint density at radius 1 is 0.947 bits per heavy atom. The van der Waals surface area contributed by atoms with E-state index in [1.807, 2.05) is 0 Å². The number of ketones is 2. The van der Waals surface area contributed by atoms with Gasteiger partial charge in [-0.15, -0.1) is 0 Å². The summed E-state index contributed by atoms with van der Waals surface area (Å²) in [6.07, 6.45) is -0.627. The molecule has 0 atom stereocenters. The summed E-state index contributed by atoms with van der Waals surface area (Å²) < 4.78 is 8.91. The molecule has 0 aromatic rings. The van der Waals surface area contributed by atoms with E-state index in [2.05, 4.69) is 0 Å². The van der Waals surface area contributed by atoms with Crippen LogP contribution in [-0.4, -0.2) is 34.9 Å². The van der Waals surface area contributed by atoms with E-state index in [-0.39, 0.29) is 12.2 Å². The van der Waals surface area contributed by atoms with Crippen molar-refractivity contribution < 1.29 is 44.8 Å². The second-order valence-corrected chi connectivity index (χ2v) is 7.59. The van der Waals surface area contributed by atoms with Gasteiger partial charge in [-0.25, -0.2) is 0 Å². The quantitative estimate of drug-likeness (QED) is 0.542. The summed E-state index contributed by atoms with van der Waals surface area (Å²) in [5, 5.41) is 9.40. The average Bonchev–Trinajstić information content (AvgIpc) is 2.13. The molecule has 0 aliphatic heterocycles. The molecule has 6 nitrogen and oxygen atoms in total. The molecule has 0 fully saturated rings. The fraction of sp³-hybridized carbons (Fsp3) is 0.750. The van der Waals surface area contributed by atoms with E-state index < -0.39 is 39.9 Å². The van der Waals surface area contributed by atoms with E-state index in [4.69, 9.17) is 6.64 Å². The number of rotatable bonds is 8. The van der Waals surface area contributed by atoms with E-state index in [1.54, 1.807) is 27.7 Å². The molecule has 0 aliphatic rings. The van der Waals surface area contributed by atoms with Gasteiger partial charge in [0.15, 0.2) is 0 Å². The first-order valence-electron chi connectivity index (χ1n) is 6.03. The Labute approximate surface area is 120 Å². The van der Waals surface area contributed by atoms with Crippen molar-refractivity contribution in [2.24, 2.45) is 0 Å². The molecule has 0 radical (unpaired) electrons. The van der Waals surface area contributed by atoms with Gasteiger partial charge in [-0.05, 0) is 0 Å². The van der Waals surface area contributed by atoms with Crippen LogP contribution in [0.2, 0.25) is 3.72 Å². The van der Waals surface area contributed by atoms with Gasteiger partial charge in [0, 0.05) is 0 Å². The van der Waals surface area contributed by atoms with Crippen LogP contribution in [-0.2, 0) is 39.7 Å². The number of carboxylic acids is 1. The molecule has 0 amide bonds. The van der Waals surface area contributed by atoms with Gasteiger partial charge in [-0.2, -0.15) is 0 Å². The molecule has 19 heavy (non-hydrogen) atoms. The third-order valence-electron chi connectivity index (χ3n) is 2.37. The van der Waals surface area contributed by atoms with Crippen molar-refractivity contribution in [3.05, 3.63) is 0 Å². The molecule has 7 heteroatoms. The van der Waals surface area contributed by atoms with E-state index in [0.29, 0.717) is 0 Å². The van der Waals surface area contributed by atoms with E-state index in [0.717, 1.165) is 13.8 Å². The molecule has 0 aliphatic carbocycles. The molecule has 0 bridgehead atoms. The van der Waals surface area contributed by atoms with Crippen LogP contribution in [0, 0.1) is 0 Å². The summed E-state index contributed by atoms with van der Waals surface area (Å²) in [5.41, 5.74) is 0. The topological polar surface area (TPSA) is 89.9 Å². The van der Waals surface area contributed by atoms with Crippen molar-refractivity contribution in [1.29, 1.82) is 0 Å². The standard InChI is InChI=1S/C6H7O4.2C3H7O.Ti/c1-3(7)5(4(2)8)6(9)10;2*1-3(2)4;/h1-2H3,(H,9,10);2*3H,1-2H3;/q;2*-1;+2. The number of hydrogen-bond donors (Lipinski definition) is 1. The molecule has 0 unspecified atom stereocenters. The molecule has 0 heterocycles. The number of carboxylic acid groups (broad SMARTS) is 1. The predicted octanol–water partition coefficient (Wildman–Crippen LogP) is 1.71. The van der Waals surface area contributed by atoms with Crippen LogP contribution in [0.4, 0.5) is 0 Å². The van der Waals surface area contributed by atoms with Gasteiger partial charge in [0.1, 0.15) is 0 Å². The number of hydrogen-bond acceptors (Lipinski definition) is 5. The van der Waals surface area contributed by atoms with Crippen LogP contribution in [0.5, 0.6) is 0 Å². The molecule has 109 valence electrons. The van der Waals surface area contributed by atoms with E-state index in [9.17, 15) is 19.5 Å². The summed E-state index contributed by atoms with van der Waals surface area (Å²) in [4.78, 5) is 35.2. The van der Waals surface area contributed by atoms with Crippen LogP contribution in [0.15, 0.2) is 0 Å². The van der Waals surface area contributed by atoms with Crippen LogP contribution in [0.25, 0.3) is 0 Å². The van der Waals surface area contributed by atoms with Gasteiger partial charge in [0.05, 0.1) is 0 Å². The molecular formula is C12H21O6Ti. The summed E-state index contributed by atoms with van der Waals surface area (Å²) in [5.74, 6) is -2.95. The number of aliphatic carboxylic acids is 1. The van der Waals surface area contributed by atoms with Crippen molar-refractivity contribution in [3.63, 3.8) is 0 Å². The normalized spacial score (nSPS) is 11.8. The van der Waals surface area contributed by atoms with Crippen molar-refractivity contribution in [2.75, 3.05) is 0 Å². The monoisotopic (exact) mass is 309 g/mol. The Hall–Kier alpha value is -0.556. The fourth-order valence-corrected chi connectivity index (χ4v) is 4.70. The number of carbonyl (C=O) groups is 3. The molecule has 0 rings (SSSR count). The summed E-state index contributed by atoms with van der Waals surface area (Å²) >= 11 is -3.40. The summed E-state index contributed by atoms with van der Waals surface area (Å²) in [7, 11) is 0. The molecule has 0 aromatic heterocycles. The molecular weight excluding hydrogens is 288 g/mol. The Kier molecular flexibility index (Phi) is 7.07. The molecule has 0 spiro atoms. The van der Waals surface area contributed by atoms with Crippen LogP contribution >= 0.6 is 0 Å². The van der Waals surface area contributed by atoms with Gasteiger partial charge in [-0.3, -0.25) is 0 Å². The Bertz CT molecular complexity index is 317. The van der Waals surface area contributed by atoms with Gasteiger partial charge >= 0.3 is 120 Å². The SMILES string of the molecule is CC(=O)[C](C(C)=O)(C(=O)O)[Ti]([O]C(C)C)[O]C(C)C. The van der Waals surface area contributed by atoms with Gasteiger partial charge in [0.2, 0.25) is 0 Å². The minimum atomic E-state index is -3.40. The minimum absolute atomic E-state index is 0.314. The second kappa shape index (κ2) is 7.29. The molecule has 0 saturated heterocycles. The van der Waals surface area contributed by atoms with Crippen molar-refractivity contribution in [3.8, 4) is 0 Å². The third-order valence-corrected chi connectivity index (χ3v) is 6.90. The second-order valence-electron chi connectivity index (χ2n) is 4.79. The van der Waals surface area contributed by atoms with Crippen molar-refractivity contribution >= 4 is 17.5 Å². The third kappa shape index (κ3) is 4.21. The zero-order chi connectivity index (χ0) is 15.4. The Morgan fingerprint density at radius 2 is 1.26 bits per heavy atom. The van der Waals surface area contributed by atoms with Crippen LogP contribution in [0.1, 0.15) is 41.5 Å². The van der Waals surface area contributed by atoms with E-state index >= 15 is 0 Å². The van der Waals surface area contributed by atoms with Gasteiger partial charge in [0.25, 0.3) is 0 Å². The Morgan fingerprint density at radius 3 is 1.42 bits per heavy atom. The zero-order valence-electron chi connectivity index (χ0n) is 12.1. The van der Waals surface area contributed by atoms with Crippen LogP contribution in [0.3, 0.4) is 0 Å². The van der Waals surface area contributed by atoms with Gasteiger partial charge in [-0.1, -0.05) is 0 Å². The molecule has 1 N–H and O–H groups in total. The Balaban J connectivity index is 5.78. The summed E-state index contributed by atoms with van der Waals surface area (Å²) in [6.45, 7) is 9.03. The first kappa shape index (κ1) is 18.4. The summed E-state index contributed by atoms with van der Waals surface area (Å²) in [6, 6.07) is 0. The predicted molar refractivity (Wildman–Crippen MR) is 64.1 cm³/mol. The van der Waals surface area contributed by atoms with Gasteiger partial charge < -0.3 is 0 Å². The molecule has 0 saturated carbocycles. The maximum absolute atomic E-state index is 11.8. The van der Waals surface area contributed by atoms with Crippen molar-refractivity contribution in [1.82, 2.24) is 0 Å². The number of carbonyl (C=O) groups excluding carboxylic acids is 2. The fourth-order valence-electron chi connectivity index (χ4n) is 1.56.